The molecule has 0 radical (unpaired) electrons. The van der Waals surface area contributed by atoms with Crippen molar-refractivity contribution >= 4 is 5.90 Å². The molecule has 1 aromatic rings. The number of nitrogens with zero attached hydrogens (tertiary/aromatic N) is 2. The molecule has 1 fully saturated rings. The lowest BCUT2D eigenvalue weighted by Gasteiger charge is -2.09. The second-order valence-corrected chi connectivity index (χ2v) is 5.86. The molecule has 0 aromatic heterocycles. The van der Waals surface area contributed by atoms with E-state index in [1.807, 2.05) is 49.2 Å². The van der Waals surface area contributed by atoms with Crippen LogP contribution in [0, 0.1) is 0 Å². The summed E-state index contributed by atoms with van der Waals surface area (Å²) in [6.45, 7) is 6.74. The van der Waals surface area contributed by atoms with Crippen molar-refractivity contribution in [3.05, 3.63) is 35.9 Å². The highest BCUT2D eigenvalue weighted by molar-refractivity contribution is 5.92. The van der Waals surface area contributed by atoms with Gasteiger partial charge in [-0.1, -0.05) is 30.3 Å². The molecule has 3 nitrogen and oxygen atoms in total. The number of hydrogen-bond acceptors (Lipinski definition) is 3. The largest absolute Gasteiger partial charge is 0.477 e. The summed E-state index contributed by atoms with van der Waals surface area (Å²) in [5.41, 5.74) is 0.331. The molecule has 3 atom stereocenters. The normalized spacial score (nSPS) is 41.9. The van der Waals surface area contributed by atoms with Crippen molar-refractivity contribution in [1.29, 1.82) is 0 Å². The minimum atomic E-state index is -0.784. The van der Waals surface area contributed by atoms with E-state index < -0.39 is 11.6 Å². The topological polar surface area (TPSA) is 24.6 Å². The predicted octanol–water partition coefficient (Wildman–Crippen LogP) is 2.64. The molecule has 1 saturated heterocycles. The van der Waals surface area contributed by atoms with E-state index >= 15 is 0 Å². The molecule has 0 aliphatic carbocycles. The maximum Gasteiger partial charge on any atom is 0.206 e. The molecule has 0 amide bonds. The van der Waals surface area contributed by atoms with Gasteiger partial charge in [0.25, 0.3) is 0 Å². The third kappa shape index (κ3) is 1.57. The smallest absolute Gasteiger partial charge is 0.206 e. The highest BCUT2D eigenvalue weighted by atomic mass is 16.5. The van der Waals surface area contributed by atoms with Crippen molar-refractivity contribution < 1.29 is 6.11 Å². The van der Waals surface area contributed by atoms with E-state index in [-0.39, 0.29) is 5.54 Å². The highest BCUT2D eigenvalue weighted by Crippen LogP contribution is 2.53. The van der Waals surface area contributed by atoms with Crippen molar-refractivity contribution in [1.82, 2.24) is 4.90 Å². The monoisotopic (exact) mass is 245 g/mol. The maximum absolute atomic E-state index is 8.80. The Labute approximate surface area is 110 Å². The Kier molecular flexibility index (Phi) is 2.10. The van der Waals surface area contributed by atoms with Gasteiger partial charge in [-0.3, -0.25) is 4.90 Å². The van der Waals surface area contributed by atoms with Crippen molar-refractivity contribution in [2.45, 2.75) is 37.9 Å². The van der Waals surface area contributed by atoms with Gasteiger partial charge in [0.1, 0.15) is 12.1 Å². The molecule has 96 valence electrons. The van der Waals surface area contributed by atoms with Crippen LogP contribution in [0.5, 0.6) is 0 Å². The molecular weight excluding hydrogens is 224 g/mol. The number of aliphatic imine (C=N–C) groups is 1. The Morgan fingerprint density at radius 2 is 2.00 bits per heavy atom. The van der Waals surface area contributed by atoms with Crippen LogP contribution in [-0.4, -0.2) is 35.5 Å². The molecule has 18 heavy (non-hydrogen) atoms. The Morgan fingerprint density at radius 1 is 1.33 bits per heavy atom. The second kappa shape index (κ2) is 3.58. The van der Waals surface area contributed by atoms with Crippen LogP contribution < -0.4 is 0 Å². The van der Waals surface area contributed by atoms with Gasteiger partial charge in [0, 0.05) is 0 Å². The summed E-state index contributed by atoms with van der Waals surface area (Å²) in [7, 11) is 1.96. The Balaban J connectivity index is 2.00. The summed E-state index contributed by atoms with van der Waals surface area (Å²) in [6, 6.07) is 9.12. The van der Waals surface area contributed by atoms with E-state index in [1.165, 1.54) is 0 Å². The number of likely N-dealkylation sites (N-methyl/N-ethyl adjacent to an activating group) is 1. The standard InChI is InChI=1S/C15H20N2O/c1-14(2)10-18-13(16-14)15(3)12(17(15)4)11-8-6-5-7-9-11/h5-9,12H,10H2,1-4H3/t12-,15+,17?/m1/s1/i12D. The average Bonchev–Trinajstić information content (AvgIpc) is 2.71. The van der Waals surface area contributed by atoms with E-state index in [9.17, 15) is 0 Å². The van der Waals surface area contributed by atoms with Gasteiger partial charge >= 0.3 is 0 Å². The third-order valence-electron chi connectivity index (χ3n) is 3.85. The van der Waals surface area contributed by atoms with Crippen LogP contribution in [0.4, 0.5) is 0 Å². The Morgan fingerprint density at radius 3 is 2.56 bits per heavy atom. The zero-order valence-electron chi connectivity index (χ0n) is 12.4. The van der Waals surface area contributed by atoms with Crippen LogP contribution in [0.25, 0.3) is 0 Å². The fourth-order valence-corrected chi connectivity index (χ4v) is 2.62. The molecule has 0 N–H and O–H groups in total. The SMILES string of the molecule is [2H][C@]1(c2ccccc2)N(C)[C@]1(C)C1=NC(C)(C)CO1. The molecule has 2 aliphatic heterocycles. The Bertz CT molecular complexity index is 542. The first kappa shape index (κ1) is 10.6. The van der Waals surface area contributed by atoms with Gasteiger partial charge in [-0.25, -0.2) is 4.99 Å². The van der Waals surface area contributed by atoms with Crippen molar-refractivity contribution in [3.8, 4) is 0 Å². The number of benzene rings is 1. The minimum Gasteiger partial charge on any atom is -0.477 e. The van der Waals surface area contributed by atoms with Gasteiger partial charge in [0.2, 0.25) is 5.90 Å². The highest BCUT2D eigenvalue weighted by Gasteiger charge is 2.63. The molecule has 0 saturated carbocycles. The quantitative estimate of drug-likeness (QED) is 0.748. The fraction of sp³-hybridized carbons (Fsp3) is 0.533. The first-order valence-electron chi connectivity index (χ1n) is 6.85. The van der Waals surface area contributed by atoms with Crippen molar-refractivity contribution in [3.63, 3.8) is 0 Å². The summed E-state index contributed by atoms with van der Waals surface area (Å²) in [4.78, 5) is 6.67. The average molecular weight is 245 g/mol. The van der Waals surface area contributed by atoms with Gasteiger partial charge < -0.3 is 4.74 Å². The second-order valence-electron chi connectivity index (χ2n) is 5.86. The summed E-state index contributed by atoms with van der Waals surface area (Å²) >= 11 is 0. The zero-order valence-corrected chi connectivity index (χ0v) is 11.4. The molecule has 2 heterocycles. The molecule has 3 heteroatoms. The van der Waals surface area contributed by atoms with Crippen LogP contribution in [0.15, 0.2) is 35.3 Å². The van der Waals surface area contributed by atoms with Gasteiger partial charge in [0.15, 0.2) is 0 Å². The number of ether oxygens (including phenoxy) is 1. The first-order chi connectivity index (χ1) is 8.82. The minimum absolute atomic E-state index is 0.181. The summed E-state index contributed by atoms with van der Waals surface area (Å²) in [6.07, 6.45) is 0. The van der Waals surface area contributed by atoms with Gasteiger partial charge in [0.05, 0.1) is 12.9 Å². The molecule has 1 aromatic carbocycles. The van der Waals surface area contributed by atoms with Gasteiger partial charge in [-0.2, -0.15) is 0 Å². The van der Waals surface area contributed by atoms with Crippen LogP contribution in [0.1, 0.15) is 33.7 Å². The Hall–Kier alpha value is -1.35. The third-order valence-corrected chi connectivity index (χ3v) is 3.85. The van der Waals surface area contributed by atoms with E-state index in [0.29, 0.717) is 12.5 Å². The summed E-state index contributed by atoms with van der Waals surface area (Å²) in [5.74, 6) is 0.693. The van der Waals surface area contributed by atoms with Crippen molar-refractivity contribution in [2.75, 3.05) is 13.7 Å². The molecule has 0 bridgehead atoms. The number of rotatable bonds is 2. The first-order valence-corrected chi connectivity index (χ1v) is 6.35. The summed E-state index contributed by atoms with van der Waals surface area (Å²) < 4.78 is 14.6. The molecule has 3 rings (SSSR count). The molecule has 2 aliphatic rings. The van der Waals surface area contributed by atoms with Crippen LogP contribution in [-0.2, 0) is 4.74 Å². The van der Waals surface area contributed by atoms with Crippen LogP contribution in [0.2, 0.25) is 0 Å². The molecular formula is C15H20N2O. The lowest BCUT2D eigenvalue weighted by atomic mass is 10.0. The molecule has 0 spiro atoms. The maximum atomic E-state index is 8.80. The van der Waals surface area contributed by atoms with Crippen molar-refractivity contribution in [2.24, 2.45) is 4.99 Å². The predicted molar refractivity (Wildman–Crippen MR) is 72.8 cm³/mol. The van der Waals surface area contributed by atoms with Gasteiger partial charge in [-0.15, -0.1) is 0 Å². The zero-order chi connectivity index (χ0) is 13.9. The van der Waals surface area contributed by atoms with Crippen LogP contribution >= 0.6 is 0 Å². The van der Waals surface area contributed by atoms with E-state index in [1.54, 1.807) is 0 Å². The lowest BCUT2D eigenvalue weighted by molar-refractivity contribution is 0.265. The fourth-order valence-electron chi connectivity index (χ4n) is 2.62. The van der Waals surface area contributed by atoms with E-state index in [2.05, 4.69) is 18.8 Å². The van der Waals surface area contributed by atoms with E-state index in [4.69, 9.17) is 6.11 Å². The van der Waals surface area contributed by atoms with E-state index in [0.717, 1.165) is 5.56 Å². The van der Waals surface area contributed by atoms with Gasteiger partial charge in [-0.05, 0) is 33.4 Å². The molecule has 1 unspecified atom stereocenters. The lowest BCUT2D eigenvalue weighted by Crippen LogP contribution is -2.25. The summed E-state index contributed by atoms with van der Waals surface area (Å²) in [5, 5.41) is 0. The number of hydrogen-bond donors (Lipinski definition) is 0. The van der Waals surface area contributed by atoms with Crippen LogP contribution in [0.3, 0.4) is 0 Å².